The molecule has 27 nitrogen and oxygen atoms in total. The molecular weight excluding hydrogens is 1210 g/mol. The molecule has 6 aliphatic heterocycles. The van der Waals surface area contributed by atoms with E-state index in [1.54, 1.807) is 6.92 Å². The minimum absolute atomic E-state index is 0.113. The van der Waals surface area contributed by atoms with Crippen LogP contribution >= 0.6 is 0 Å². The number of hydrogen-bond acceptors (Lipinski definition) is 26. The number of carbonyl (C=O) groups is 2. The number of ether oxygens (including phenoxy) is 11. The molecule has 2 spiro atoms. The van der Waals surface area contributed by atoms with Gasteiger partial charge in [0.2, 0.25) is 5.91 Å². The van der Waals surface area contributed by atoms with Gasteiger partial charge in [-0.25, -0.2) is 4.79 Å². The molecule has 11 rings (SSSR count). The van der Waals surface area contributed by atoms with E-state index in [0.717, 1.165) is 44.9 Å². The molecule has 36 atom stereocenters. The lowest BCUT2D eigenvalue weighted by molar-refractivity contribution is -0.387. The van der Waals surface area contributed by atoms with Crippen LogP contribution in [0.15, 0.2) is 23.8 Å². The standard InChI is InChI=1S/C65H103NO26/c1-26(12-11-13-27(2)54(80)66-39-28(3)29(4)84-55(39)81)32-16-18-63(10)37-15-14-36-61(7,8)38(17-19-64(36)25-65(37,64)21-20-62(32,63)9)90-56-49(77)44(72)35(23-82-56)89-60-53(47(75)41(69)31(6)86-60)92-58-51(79)46(74)43(71)34(88-58)24-83-59-52(48(76)42(70)33(22-67)87-59)91-57-50(78)45(73)40(68)30(5)85-57/h11-13,26,28-53,56-60,67-79H,14-25H2,1-10H3,(H,66,80). The summed E-state index contributed by atoms with van der Waals surface area (Å²) in [6, 6.07) is -0.660. The van der Waals surface area contributed by atoms with E-state index in [0.29, 0.717) is 23.3 Å². The molecule has 0 aromatic carbocycles. The number of hydrogen-bond donors (Lipinski definition) is 14. The van der Waals surface area contributed by atoms with Crippen LogP contribution in [0.5, 0.6) is 0 Å². The maximum atomic E-state index is 13.1. The summed E-state index contributed by atoms with van der Waals surface area (Å²) in [5, 5.41) is 146. The number of fused-ring (bicyclic) bond motifs is 2. The molecule has 92 heavy (non-hydrogen) atoms. The van der Waals surface area contributed by atoms with Gasteiger partial charge >= 0.3 is 5.97 Å². The van der Waals surface area contributed by atoms with E-state index in [4.69, 9.17) is 52.1 Å². The molecule has 27 heteroatoms. The van der Waals surface area contributed by atoms with Crippen LogP contribution in [0.4, 0.5) is 0 Å². The van der Waals surface area contributed by atoms with E-state index in [2.05, 4.69) is 46.0 Å². The summed E-state index contributed by atoms with van der Waals surface area (Å²) in [4.78, 5) is 25.5. The molecule has 11 aliphatic rings. The quantitative estimate of drug-likeness (QED) is 0.0352. The smallest absolute Gasteiger partial charge is 0.329 e. The van der Waals surface area contributed by atoms with Crippen molar-refractivity contribution in [2.45, 2.75) is 293 Å². The fraction of sp³-hybridized carbons (Fsp3) is 0.908. The molecule has 14 N–H and O–H groups in total. The molecule has 0 aromatic heterocycles. The van der Waals surface area contributed by atoms with Crippen LogP contribution < -0.4 is 5.32 Å². The zero-order valence-electron chi connectivity index (χ0n) is 54.3. The molecule has 11 fully saturated rings. The third-order valence-corrected chi connectivity index (χ3v) is 25.1. The Morgan fingerprint density at radius 2 is 1.17 bits per heavy atom. The van der Waals surface area contributed by atoms with Crippen molar-refractivity contribution >= 4 is 11.9 Å². The number of cyclic esters (lactones) is 1. The normalized spacial score (nSPS) is 53.8. The average Bonchev–Trinajstić information content (AvgIpc) is 1.46. The number of nitrogens with one attached hydrogen (secondary N) is 1. The highest BCUT2D eigenvalue weighted by Gasteiger charge is 2.82. The molecule has 36 unspecified atom stereocenters. The lowest BCUT2D eigenvalue weighted by atomic mass is 9.42. The van der Waals surface area contributed by atoms with Crippen LogP contribution in [0.1, 0.15) is 127 Å². The topological polar surface area (TPSA) is 411 Å². The minimum Gasteiger partial charge on any atom is -0.461 e. The summed E-state index contributed by atoms with van der Waals surface area (Å²) in [7, 11) is 0. The van der Waals surface area contributed by atoms with E-state index in [-0.39, 0.29) is 63.6 Å². The Hall–Kier alpha value is -2.50. The first-order valence-electron chi connectivity index (χ1n) is 33.4. The third-order valence-electron chi connectivity index (χ3n) is 25.1. The van der Waals surface area contributed by atoms with E-state index in [1.807, 2.05) is 26.0 Å². The summed E-state index contributed by atoms with van der Waals surface area (Å²) in [6.45, 7) is 18.4. The van der Waals surface area contributed by atoms with Gasteiger partial charge in [0.25, 0.3) is 0 Å². The maximum Gasteiger partial charge on any atom is 0.329 e. The number of amides is 1. The van der Waals surface area contributed by atoms with Gasteiger partial charge in [-0.3, -0.25) is 4.79 Å². The Bertz CT molecular complexity index is 2670. The van der Waals surface area contributed by atoms with Crippen molar-refractivity contribution < 1.29 is 128 Å². The molecule has 5 aliphatic carbocycles. The highest BCUT2D eigenvalue weighted by molar-refractivity contribution is 5.96. The number of aliphatic hydroxyl groups is 13. The summed E-state index contributed by atoms with van der Waals surface area (Å²) < 4.78 is 65.2. The second kappa shape index (κ2) is 26.6. The van der Waals surface area contributed by atoms with Crippen LogP contribution in [0.25, 0.3) is 0 Å². The van der Waals surface area contributed by atoms with E-state index < -0.39 is 173 Å². The van der Waals surface area contributed by atoms with Gasteiger partial charge in [0, 0.05) is 11.5 Å². The molecule has 524 valence electrons. The van der Waals surface area contributed by atoms with Crippen LogP contribution in [-0.2, 0) is 61.7 Å². The number of aliphatic hydroxyl groups excluding tert-OH is 13. The SMILES string of the molecule is CC(=CC=CC(C)C1CCC2(C)C3CCC4C(C)(C)C(OC5OCC(OC6OC(C)C(O)C(O)C6OC6OC(COC7OC(CO)C(O)C(O)C7OC7OC(C)C(O)C(O)C7O)C(O)C(O)C6O)C(O)C5O)CCC45CC35CCC12C)C(=O)NC1C(=O)OC(C)C1C. The van der Waals surface area contributed by atoms with E-state index in [1.165, 1.54) is 26.7 Å². The van der Waals surface area contributed by atoms with Gasteiger partial charge < -0.3 is 124 Å². The monoisotopic (exact) mass is 1310 g/mol. The summed E-state index contributed by atoms with van der Waals surface area (Å²) >= 11 is 0. The van der Waals surface area contributed by atoms with Gasteiger partial charge in [-0.15, -0.1) is 0 Å². The predicted molar refractivity (Wildman–Crippen MR) is 316 cm³/mol. The first kappa shape index (κ1) is 70.8. The predicted octanol–water partition coefficient (Wildman–Crippen LogP) is -1.19. The van der Waals surface area contributed by atoms with Crippen molar-refractivity contribution in [1.82, 2.24) is 5.32 Å². The largest absolute Gasteiger partial charge is 0.461 e. The molecule has 6 heterocycles. The number of carbonyl (C=O) groups excluding carboxylic acids is 2. The van der Waals surface area contributed by atoms with Gasteiger partial charge in [-0.05, 0) is 136 Å². The number of rotatable bonds is 17. The van der Waals surface area contributed by atoms with Crippen LogP contribution in [0.2, 0.25) is 0 Å². The van der Waals surface area contributed by atoms with Crippen molar-refractivity contribution in [1.29, 1.82) is 0 Å². The highest BCUT2D eigenvalue weighted by atomic mass is 16.8. The van der Waals surface area contributed by atoms with Crippen molar-refractivity contribution in [3.8, 4) is 0 Å². The van der Waals surface area contributed by atoms with E-state index in [9.17, 15) is 76.0 Å². The molecule has 6 saturated heterocycles. The minimum atomic E-state index is -2.03. The van der Waals surface area contributed by atoms with Crippen molar-refractivity contribution in [2.24, 2.45) is 56.7 Å². The maximum absolute atomic E-state index is 13.1. The second-order valence-corrected chi connectivity index (χ2v) is 30.2. The summed E-state index contributed by atoms with van der Waals surface area (Å²) in [5.41, 5.74) is 0.849. The van der Waals surface area contributed by atoms with Crippen molar-refractivity contribution in [3.63, 3.8) is 0 Å². The molecule has 0 radical (unpaired) electrons. The summed E-state index contributed by atoms with van der Waals surface area (Å²) in [6.07, 6.45) is -24.7. The summed E-state index contributed by atoms with van der Waals surface area (Å²) in [5.74, 6) is 0.886. The Balaban J connectivity index is 0.699. The van der Waals surface area contributed by atoms with Crippen molar-refractivity contribution in [2.75, 3.05) is 19.8 Å². The van der Waals surface area contributed by atoms with Crippen LogP contribution in [0.3, 0.4) is 0 Å². The Kier molecular flexibility index (Phi) is 20.5. The van der Waals surface area contributed by atoms with Gasteiger partial charge in [0.1, 0.15) is 116 Å². The van der Waals surface area contributed by atoms with Gasteiger partial charge in [-0.2, -0.15) is 0 Å². The Labute approximate surface area is 536 Å². The van der Waals surface area contributed by atoms with Gasteiger partial charge in [-0.1, -0.05) is 59.8 Å². The molecule has 0 aromatic rings. The molecule has 5 saturated carbocycles. The van der Waals surface area contributed by atoms with E-state index >= 15 is 0 Å². The zero-order chi connectivity index (χ0) is 66.8. The first-order chi connectivity index (χ1) is 43.3. The van der Waals surface area contributed by atoms with Crippen LogP contribution in [0, 0.1) is 56.7 Å². The van der Waals surface area contributed by atoms with Gasteiger partial charge in [0.15, 0.2) is 31.5 Å². The van der Waals surface area contributed by atoms with Crippen LogP contribution in [-0.4, -0.2) is 264 Å². The number of esters is 1. The highest BCUT2D eigenvalue weighted by Crippen LogP contribution is 2.89. The fourth-order valence-electron chi connectivity index (χ4n) is 19.1. The Morgan fingerprint density at radius 1 is 0.598 bits per heavy atom. The lowest BCUT2D eigenvalue weighted by Gasteiger charge is -2.63. The second-order valence-electron chi connectivity index (χ2n) is 30.2. The lowest BCUT2D eigenvalue weighted by Crippen LogP contribution is -2.66. The molecule has 1 amide bonds. The molecular formula is C65H103NO26. The average molecular weight is 1310 g/mol. The van der Waals surface area contributed by atoms with Crippen molar-refractivity contribution in [3.05, 3.63) is 23.8 Å². The third kappa shape index (κ3) is 12.0. The van der Waals surface area contributed by atoms with Gasteiger partial charge in [0.05, 0.1) is 38.1 Å². The molecule has 0 bridgehead atoms. The number of allylic oxidation sites excluding steroid dienone is 3. The fourth-order valence-corrected chi connectivity index (χ4v) is 19.1. The Morgan fingerprint density at radius 3 is 1.84 bits per heavy atom. The first-order valence-corrected chi connectivity index (χ1v) is 33.4. The zero-order valence-corrected chi connectivity index (χ0v) is 54.3.